The molecule has 3 rings (SSSR count). The lowest BCUT2D eigenvalue weighted by atomic mass is 10.0. The molecule has 0 aliphatic carbocycles. The molecule has 0 atom stereocenters. The van der Waals surface area contributed by atoms with Crippen molar-refractivity contribution < 1.29 is 14.2 Å². The summed E-state index contributed by atoms with van der Waals surface area (Å²) < 4.78 is 16.1. The van der Waals surface area contributed by atoms with E-state index >= 15 is 0 Å². The molecule has 0 N–H and O–H groups in total. The topological polar surface area (TPSA) is 43.3 Å². The van der Waals surface area contributed by atoms with Crippen LogP contribution in [0.4, 0.5) is 0 Å². The third-order valence-electron chi connectivity index (χ3n) is 4.17. The fraction of sp³-hybridized carbons (Fsp3) is 0.316. The van der Waals surface area contributed by atoms with Crippen molar-refractivity contribution in [2.45, 2.75) is 13.0 Å². The van der Waals surface area contributed by atoms with Crippen molar-refractivity contribution in [3.63, 3.8) is 0 Å². The van der Waals surface area contributed by atoms with E-state index in [1.807, 2.05) is 18.3 Å². The molecule has 2 aromatic carbocycles. The normalized spacial score (nSPS) is 13.7. The quantitative estimate of drug-likeness (QED) is 0.792. The number of methoxy groups -OCH3 is 3. The minimum Gasteiger partial charge on any atom is -0.493 e. The Labute approximate surface area is 142 Å². The first-order valence-corrected chi connectivity index (χ1v) is 7.91. The van der Waals surface area contributed by atoms with Crippen LogP contribution in [-0.4, -0.2) is 39.1 Å². The Morgan fingerprint density at radius 1 is 0.958 bits per heavy atom. The summed E-state index contributed by atoms with van der Waals surface area (Å²) in [5.74, 6) is 1.84. The van der Waals surface area contributed by atoms with Gasteiger partial charge in [0, 0.05) is 12.1 Å². The Balaban J connectivity index is 1.80. The molecule has 0 fully saturated rings. The molecule has 126 valence electrons. The largest absolute Gasteiger partial charge is 0.493 e. The lowest BCUT2D eigenvalue weighted by Gasteiger charge is -2.26. The van der Waals surface area contributed by atoms with Crippen molar-refractivity contribution >= 4 is 6.21 Å². The molecule has 0 bridgehead atoms. The lowest BCUT2D eigenvalue weighted by Crippen LogP contribution is -2.25. The molecular weight excluding hydrogens is 304 g/mol. The molecular formula is C19H22N2O3. The van der Waals surface area contributed by atoms with Crippen molar-refractivity contribution in [3.05, 3.63) is 53.1 Å². The molecule has 5 heteroatoms. The highest BCUT2D eigenvalue weighted by Crippen LogP contribution is 2.37. The highest BCUT2D eigenvalue weighted by Gasteiger charge is 2.15. The maximum absolute atomic E-state index is 5.38. The summed E-state index contributed by atoms with van der Waals surface area (Å²) in [5.41, 5.74) is 3.66. The van der Waals surface area contributed by atoms with Gasteiger partial charge >= 0.3 is 0 Å². The average molecular weight is 326 g/mol. The first-order chi connectivity index (χ1) is 11.7. The highest BCUT2D eigenvalue weighted by atomic mass is 16.5. The molecule has 0 spiro atoms. The summed E-state index contributed by atoms with van der Waals surface area (Å²) in [6.07, 6.45) is 2.85. The first kappa shape index (κ1) is 16.2. The maximum atomic E-state index is 5.38. The van der Waals surface area contributed by atoms with Crippen molar-refractivity contribution in [1.82, 2.24) is 5.01 Å². The number of nitrogens with zero attached hydrogens (tertiary/aromatic N) is 2. The summed E-state index contributed by atoms with van der Waals surface area (Å²) >= 11 is 0. The molecule has 0 aromatic heterocycles. The van der Waals surface area contributed by atoms with E-state index in [-0.39, 0.29) is 0 Å². The predicted octanol–water partition coefficient (Wildman–Crippen LogP) is 3.10. The monoisotopic (exact) mass is 326 g/mol. The maximum Gasteiger partial charge on any atom is 0.203 e. The Morgan fingerprint density at radius 3 is 2.25 bits per heavy atom. The van der Waals surface area contributed by atoms with E-state index in [0.29, 0.717) is 17.2 Å². The zero-order valence-electron chi connectivity index (χ0n) is 14.3. The molecule has 1 heterocycles. The van der Waals surface area contributed by atoms with Gasteiger partial charge in [0.05, 0.1) is 34.1 Å². The fourth-order valence-electron chi connectivity index (χ4n) is 2.90. The highest BCUT2D eigenvalue weighted by molar-refractivity contribution is 5.82. The molecule has 2 aromatic rings. The number of hydrazone groups is 1. The first-order valence-electron chi connectivity index (χ1n) is 7.91. The van der Waals surface area contributed by atoms with Gasteiger partial charge in [-0.15, -0.1) is 0 Å². The van der Waals surface area contributed by atoms with E-state index in [0.717, 1.165) is 25.1 Å². The summed E-state index contributed by atoms with van der Waals surface area (Å²) in [6.45, 7) is 1.75. The van der Waals surface area contributed by atoms with Gasteiger partial charge in [0.1, 0.15) is 0 Å². The van der Waals surface area contributed by atoms with Gasteiger partial charge in [-0.05, 0) is 29.7 Å². The van der Waals surface area contributed by atoms with Crippen LogP contribution in [0.5, 0.6) is 17.2 Å². The number of fused-ring (bicyclic) bond motifs is 1. The summed E-state index contributed by atoms with van der Waals surface area (Å²) in [4.78, 5) is 0. The number of rotatable bonds is 5. The second kappa shape index (κ2) is 7.25. The van der Waals surface area contributed by atoms with Gasteiger partial charge in [0.2, 0.25) is 5.75 Å². The van der Waals surface area contributed by atoms with Gasteiger partial charge in [0.25, 0.3) is 0 Å². The van der Waals surface area contributed by atoms with Crippen LogP contribution >= 0.6 is 0 Å². The second-order valence-electron chi connectivity index (χ2n) is 5.61. The van der Waals surface area contributed by atoms with Crippen molar-refractivity contribution in [2.24, 2.45) is 5.10 Å². The number of benzene rings is 2. The Bertz CT molecular complexity index is 718. The Morgan fingerprint density at radius 2 is 1.62 bits per heavy atom. The molecule has 0 amide bonds. The molecule has 0 unspecified atom stereocenters. The van der Waals surface area contributed by atoms with Crippen LogP contribution < -0.4 is 14.2 Å². The number of ether oxygens (including phenoxy) is 3. The van der Waals surface area contributed by atoms with Crippen molar-refractivity contribution in [2.75, 3.05) is 27.9 Å². The van der Waals surface area contributed by atoms with Crippen molar-refractivity contribution in [3.8, 4) is 17.2 Å². The van der Waals surface area contributed by atoms with Crippen LogP contribution in [-0.2, 0) is 13.0 Å². The Hall–Kier alpha value is -2.69. The van der Waals surface area contributed by atoms with Crippen LogP contribution in [0, 0.1) is 0 Å². The number of hydrogen-bond donors (Lipinski definition) is 0. The molecule has 0 saturated heterocycles. The summed E-state index contributed by atoms with van der Waals surface area (Å²) in [5, 5.41) is 6.69. The van der Waals surface area contributed by atoms with Crippen molar-refractivity contribution in [1.29, 1.82) is 0 Å². The SMILES string of the molecule is COc1cc(/C=N\N2CCc3ccccc3C2)cc(OC)c1OC. The van der Waals surface area contributed by atoms with Gasteiger partial charge in [-0.2, -0.15) is 5.10 Å². The van der Waals surface area contributed by atoms with Crippen LogP contribution in [0.15, 0.2) is 41.5 Å². The zero-order chi connectivity index (χ0) is 16.9. The molecule has 1 aliphatic rings. The molecule has 24 heavy (non-hydrogen) atoms. The van der Waals surface area contributed by atoms with E-state index in [4.69, 9.17) is 14.2 Å². The predicted molar refractivity (Wildman–Crippen MR) is 94.2 cm³/mol. The van der Waals surface area contributed by atoms with E-state index in [2.05, 4.69) is 34.4 Å². The van der Waals surface area contributed by atoms with Crippen LogP contribution in [0.1, 0.15) is 16.7 Å². The molecule has 0 saturated carbocycles. The average Bonchev–Trinajstić information content (AvgIpc) is 2.65. The standard InChI is InChI=1S/C19H22N2O3/c1-22-17-10-14(11-18(23-2)19(17)24-3)12-20-21-9-8-15-6-4-5-7-16(15)13-21/h4-7,10-12H,8-9,13H2,1-3H3/b20-12-. The smallest absolute Gasteiger partial charge is 0.203 e. The lowest BCUT2D eigenvalue weighted by molar-refractivity contribution is 0.269. The van der Waals surface area contributed by atoms with E-state index < -0.39 is 0 Å². The zero-order valence-corrected chi connectivity index (χ0v) is 14.3. The van der Waals surface area contributed by atoms with Gasteiger partial charge < -0.3 is 14.2 Å². The fourth-order valence-corrected chi connectivity index (χ4v) is 2.90. The Kier molecular flexibility index (Phi) is 4.89. The third-order valence-corrected chi connectivity index (χ3v) is 4.17. The van der Waals surface area contributed by atoms with E-state index in [9.17, 15) is 0 Å². The van der Waals surface area contributed by atoms with E-state index in [1.54, 1.807) is 21.3 Å². The summed E-state index contributed by atoms with van der Waals surface area (Å²) in [6, 6.07) is 12.3. The molecule has 1 aliphatic heterocycles. The molecule has 0 radical (unpaired) electrons. The summed E-state index contributed by atoms with van der Waals surface area (Å²) in [7, 11) is 4.82. The van der Waals surface area contributed by atoms with Crippen LogP contribution in [0.25, 0.3) is 0 Å². The van der Waals surface area contributed by atoms with Gasteiger partial charge in [0.15, 0.2) is 11.5 Å². The van der Waals surface area contributed by atoms with Gasteiger partial charge in [-0.3, -0.25) is 5.01 Å². The third kappa shape index (κ3) is 3.30. The minimum atomic E-state index is 0.587. The van der Waals surface area contributed by atoms with Gasteiger partial charge in [-0.1, -0.05) is 24.3 Å². The second-order valence-corrected chi connectivity index (χ2v) is 5.61. The molecule has 5 nitrogen and oxygen atoms in total. The van der Waals surface area contributed by atoms with Gasteiger partial charge in [-0.25, -0.2) is 0 Å². The van der Waals surface area contributed by atoms with Crippen LogP contribution in [0.2, 0.25) is 0 Å². The van der Waals surface area contributed by atoms with E-state index in [1.165, 1.54) is 11.1 Å². The van der Waals surface area contributed by atoms with Crippen LogP contribution in [0.3, 0.4) is 0 Å². The number of hydrogen-bond acceptors (Lipinski definition) is 5. The minimum absolute atomic E-state index is 0.587.